The lowest BCUT2D eigenvalue weighted by Crippen LogP contribution is -2.05. The van der Waals surface area contributed by atoms with E-state index in [-0.39, 0.29) is 5.92 Å². The standard InChI is InChI=1S/C18H36O/c1-16(2)17(19)14-12-10-8-6-7-9-11-13-15-18(3,4)5/h16H,6-15H2,1-5H3. The Kier molecular flexibility index (Phi) is 10.3. The monoisotopic (exact) mass is 268 g/mol. The van der Waals surface area contributed by atoms with Gasteiger partial charge in [-0.25, -0.2) is 0 Å². The van der Waals surface area contributed by atoms with Gasteiger partial charge in [-0.3, -0.25) is 4.79 Å². The molecule has 0 rings (SSSR count). The fourth-order valence-electron chi connectivity index (χ4n) is 2.30. The van der Waals surface area contributed by atoms with Crippen molar-refractivity contribution in [1.82, 2.24) is 0 Å². The summed E-state index contributed by atoms with van der Waals surface area (Å²) in [6.45, 7) is 11.0. The van der Waals surface area contributed by atoms with Crippen molar-refractivity contribution in [2.24, 2.45) is 11.3 Å². The van der Waals surface area contributed by atoms with Gasteiger partial charge in [0.15, 0.2) is 0 Å². The van der Waals surface area contributed by atoms with E-state index >= 15 is 0 Å². The van der Waals surface area contributed by atoms with E-state index in [1.54, 1.807) is 0 Å². The molecule has 0 fully saturated rings. The molecule has 0 radical (unpaired) electrons. The highest BCUT2D eigenvalue weighted by atomic mass is 16.1. The van der Waals surface area contributed by atoms with Gasteiger partial charge in [0.1, 0.15) is 5.78 Å². The van der Waals surface area contributed by atoms with E-state index in [2.05, 4.69) is 20.8 Å². The largest absolute Gasteiger partial charge is 0.299 e. The van der Waals surface area contributed by atoms with Crippen LogP contribution in [0.1, 0.15) is 98.8 Å². The van der Waals surface area contributed by atoms with E-state index in [0.29, 0.717) is 11.2 Å². The van der Waals surface area contributed by atoms with Crippen molar-refractivity contribution in [3.8, 4) is 0 Å². The lowest BCUT2D eigenvalue weighted by molar-refractivity contribution is -0.122. The summed E-state index contributed by atoms with van der Waals surface area (Å²) in [6.07, 6.45) is 12.7. The molecule has 1 heteroatoms. The van der Waals surface area contributed by atoms with Gasteiger partial charge in [-0.05, 0) is 18.3 Å². The van der Waals surface area contributed by atoms with Gasteiger partial charge in [0, 0.05) is 12.3 Å². The molecule has 0 heterocycles. The first-order valence-corrected chi connectivity index (χ1v) is 8.35. The number of unbranched alkanes of at least 4 members (excludes halogenated alkanes) is 7. The molecule has 0 saturated carbocycles. The molecule has 114 valence electrons. The van der Waals surface area contributed by atoms with Crippen LogP contribution in [0.15, 0.2) is 0 Å². The third-order valence-corrected chi connectivity index (χ3v) is 3.74. The molecule has 0 bridgehead atoms. The Morgan fingerprint density at radius 3 is 1.63 bits per heavy atom. The fourth-order valence-corrected chi connectivity index (χ4v) is 2.30. The lowest BCUT2D eigenvalue weighted by Gasteiger charge is -2.17. The zero-order valence-electron chi connectivity index (χ0n) is 14.1. The number of ketones is 1. The predicted molar refractivity (Wildman–Crippen MR) is 85.5 cm³/mol. The highest BCUT2D eigenvalue weighted by molar-refractivity contribution is 5.80. The second-order valence-corrected chi connectivity index (χ2v) is 7.51. The Morgan fingerprint density at radius 1 is 0.789 bits per heavy atom. The fraction of sp³-hybridized carbons (Fsp3) is 0.944. The molecule has 0 spiro atoms. The van der Waals surface area contributed by atoms with Crippen molar-refractivity contribution in [3.63, 3.8) is 0 Å². The summed E-state index contributed by atoms with van der Waals surface area (Å²) in [4.78, 5) is 11.4. The minimum absolute atomic E-state index is 0.225. The van der Waals surface area contributed by atoms with Gasteiger partial charge in [0.25, 0.3) is 0 Å². The summed E-state index contributed by atoms with van der Waals surface area (Å²) in [6, 6.07) is 0. The molecule has 0 aliphatic rings. The number of hydrogen-bond donors (Lipinski definition) is 0. The number of hydrogen-bond acceptors (Lipinski definition) is 1. The van der Waals surface area contributed by atoms with Crippen molar-refractivity contribution >= 4 is 5.78 Å². The molecule has 0 aromatic rings. The van der Waals surface area contributed by atoms with Crippen LogP contribution in [0.25, 0.3) is 0 Å². The van der Waals surface area contributed by atoms with Crippen molar-refractivity contribution in [2.45, 2.75) is 98.8 Å². The molecule has 0 atom stereocenters. The van der Waals surface area contributed by atoms with E-state index < -0.39 is 0 Å². The van der Waals surface area contributed by atoms with Crippen molar-refractivity contribution < 1.29 is 4.79 Å². The normalized spacial score (nSPS) is 12.1. The molecular formula is C18H36O. The maximum Gasteiger partial charge on any atom is 0.135 e. The maximum absolute atomic E-state index is 11.4. The van der Waals surface area contributed by atoms with E-state index in [1.807, 2.05) is 13.8 Å². The number of carbonyl (C=O) groups excluding carboxylic acids is 1. The van der Waals surface area contributed by atoms with E-state index in [9.17, 15) is 4.79 Å². The molecule has 0 amide bonds. The summed E-state index contributed by atoms with van der Waals surface area (Å²) in [5.74, 6) is 0.657. The first-order chi connectivity index (χ1) is 8.83. The number of Topliss-reactive ketones (excluding diaryl/α,β-unsaturated/α-hetero) is 1. The van der Waals surface area contributed by atoms with Crippen molar-refractivity contribution in [1.29, 1.82) is 0 Å². The molecule has 0 aromatic heterocycles. The van der Waals surface area contributed by atoms with Crippen LogP contribution in [-0.4, -0.2) is 5.78 Å². The molecule has 1 nitrogen and oxygen atoms in total. The first kappa shape index (κ1) is 18.7. The van der Waals surface area contributed by atoms with E-state index in [1.165, 1.54) is 51.4 Å². The summed E-state index contributed by atoms with van der Waals surface area (Å²) in [7, 11) is 0. The maximum atomic E-state index is 11.4. The van der Waals surface area contributed by atoms with Gasteiger partial charge in [-0.1, -0.05) is 79.6 Å². The van der Waals surface area contributed by atoms with Gasteiger partial charge in [-0.15, -0.1) is 0 Å². The summed E-state index contributed by atoms with van der Waals surface area (Å²) >= 11 is 0. The van der Waals surface area contributed by atoms with Crippen LogP contribution in [0.3, 0.4) is 0 Å². The molecule has 0 unspecified atom stereocenters. The zero-order valence-corrected chi connectivity index (χ0v) is 14.1. The van der Waals surface area contributed by atoms with Crippen LogP contribution in [0.4, 0.5) is 0 Å². The SMILES string of the molecule is CC(C)C(=O)CCCCCCCCCCC(C)(C)C. The van der Waals surface area contributed by atoms with E-state index in [4.69, 9.17) is 0 Å². The smallest absolute Gasteiger partial charge is 0.135 e. The van der Waals surface area contributed by atoms with E-state index in [0.717, 1.165) is 12.8 Å². The average molecular weight is 268 g/mol. The van der Waals surface area contributed by atoms with Crippen LogP contribution < -0.4 is 0 Å². The van der Waals surface area contributed by atoms with Gasteiger partial charge in [-0.2, -0.15) is 0 Å². The minimum atomic E-state index is 0.225. The van der Waals surface area contributed by atoms with Gasteiger partial charge in [0.05, 0.1) is 0 Å². The van der Waals surface area contributed by atoms with Gasteiger partial charge in [0.2, 0.25) is 0 Å². The Morgan fingerprint density at radius 2 is 1.21 bits per heavy atom. The molecule has 0 N–H and O–H groups in total. The summed E-state index contributed by atoms with van der Waals surface area (Å²) < 4.78 is 0. The summed E-state index contributed by atoms with van der Waals surface area (Å²) in [5, 5.41) is 0. The van der Waals surface area contributed by atoms with Crippen molar-refractivity contribution in [2.75, 3.05) is 0 Å². The Hall–Kier alpha value is -0.330. The molecule has 0 saturated heterocycles. The van der Waals surface area contributed by atoms with Crippen LogP contribution >= 0.6 is 0 Å². The van der Waals surface area contributed by atoms with Crippen LogP contribution in [-0.2, 0) is 4.79 Å². The predicted octanol–water partition coefficient (Wildman–Crippen LogP) is 6.16. The third kappa shape index (κ3) is 13.9. The average Bonchev–Trinajstić information content (AvgIpc) is 2.29. The van der Waals surface area contributed by atoms with Crippen molar-refractivity contribution in [3.05, 3.63) is 0 Å². The van der Waals surface area contributed by atoms with Crippen LogP contribution in [0.2, 0.25) is 0 Å². The Labute approximate surface area is 121 Å². The second kappa shape index (κ2) is 10.5. The molecule has 19 heavy (non-hydrogen) atoms. The third-order valence-electron chi connectivity index (χ3n) is 3.74. The number of carbonyl (C=O) groups is 1. The number of rotatable bonds is 11. The highest BCUT2D eigenvalue weighted by Crippen LogP contribution is 2.22. The van der Waals surface area contributed by atoms with Crippen LogP contribution in [0.5, 0.6) is 0 Å². The second-order valence-electron chi connectivity index (χ2n) is 7.51. The quantitative estimate of drug-likeness (QED) is 0.410. The van der Waals surface area contributed by atoms with Gasteiger partial charge < -0.3 is 0 Å². The van der Waals surface area contributed by atoms with Crippen LogP contribution in [0, 0.1) is 11.3 Å². The lowest BCUT2D eigenvalue weighted by atomic mass is 9.89. The minimum Gasteiger partial charge on any atom is -0.299 e. The Bertz CT molecular complexity index is 222. The first-order valence-electron chi connectivity index (χ1n) is 8.35. The molecule has 0 aliphatic heterocycles. The Balaban J connectivity index is 3.18. The zero-order chi connectivity index (χ0) is 14.7. The van der Waals surface area contributed by atoms with Gasteiger partial charge >= 0.3 is 0 Å². The highest BCUT2D eigenvalue weighted by Gasteiger charge is 2.08. The summed E-state index contributed by atoms with van der Waals surface area (Å²) in [5.41, 5.74) is 0.503. The topological polar surface area (TPSA) is 17.1 Å². The molecule has 0 aliphatic carbocycles. The molecule has 0 aromatic carbocycles. The molecular weight excluding hydrogens is 232 g/mol.